The quantitative estimate of drug-likeness (QED) is 0.413. The van der Waals surface area contributed by atoms with Crippen LogP contribution in [0.15, 0.2) is 42.5 Å². The molecule has 0 unspecified atom stereocenters. The minimum atomic E-state index is -3.85. The van der Waals surface area contributed by atoms with Gasteiger partial charge in [0, 0.05) is 18.7 Å². The highest BCUT2D eigenvalue weighted by atomic mass is 32.2. The molecule has 11 heteroatoms. The van der Waals surface area contributed by atoms with Crippen LogP contribution in [0, 0.1) is 0 Å². The average Bonchev–Trinajstić information content (AvgIpc) is 3.48. The Morgan fingerprint density at radius 1 is 1.02 bits per heavy atom. The van der Waals surface area contributed by atoms with Crippen LogP contribution in [0.5, 0.6) is 17.2 Å². The third-order valence-electron chi connectivity index (χ3n) is 7.39. The maximum atomic E-state index is 14.0. The Morgan fingerprint density at radius 2 is 1.70 bits per heavy atom. The topological polar surface area (TPSA) is 114 Å². The standard InChI is InChI=1S/C29H39N3O7S/c1-4-25(29(34)30-22-8-6-7-9-22)31(19-21-10-13-24(37-3)14-11-21)28(33)20-32(40(35,36)5-2)23-12-15-26-27(18-23)39-17-16-38-26/h10-15,18,22,25H,4-9,16-17,19-20H2,1-3H3,(H,30,34)/t25-/m1/s1. The average molecular weight is 574 g/mol. The minimum absolute atomic E-state index is 0.0918. The van der Waals surface area contributed by atoms with Crippen LogP contribution >= 0.6 is 0 Å². The number of rotatable bonds is 12. The van der Waals surface area contributed by atoms with Crippen molar-refractivity contribution in [3.8, 4) is 17.2 Å². The van der Waals surface area contributed by atoms with Crippen molar-refractivity contribution in [3.05, 3.63) is 48.0 Å². The highest BCUT2D eigenvalue weighted by Crippen LogP contribution is 2.35. The lowest BCUT2D eigenvalue weighted by Crippen LogP contribution is -2.53. The van der Waals surface area contributed by atoms with E-state index in [2.05, 4.69) is 5.32 Å². The van der Waals surface area contributed by atoms with E-state index in [-0.39, 0.29) is 24.2 Å². The molecule has 0 radical (unpaired) electrons. The number of carbonyl (C=O) groups is 2. The summed E-state index contributed by atoms with van der Waals surface area (Å²) in [5.41, 5.74) is 1.10. The lowest BCUT2D eigenvalue weighted by Gasteiger charge is -2.34. The number of hydrogen-bond donors (Lipinski definition) is 1. The molecule has 2 aromatic carbocycles. The first-order chi connectivity index (χ1) is 19.2. The Labute approximate surface area is 236 Å². The smallest absolute Gasteiger partial charge is 0.244 e. The molecule has 1 heterocycles. The van der Waals surface area contributed by atoms with Crippen molar-refractivity contribution < 1.29 is 32.2 Å². The predicted molar refractivity (Wildman–Crippen MR) is 152 cm³/mol. The SMILES string of the molecule is CC[C@H](C(=O)NC1CCCC1)N(Cc1ccc(OC)cc1)C(=O)CN(c1ccc2c(c1)OCCO2)S(=O)(=O)CC. The number of benzene rings is 2. The molecule has 1 atom stereocenters. The van der Waals surface area contributed by atoms with Crippen molar-refractivity contribution in [2.45, 2.75) is 64.6 Å². The number of amides is 2. The molecule has 0 saturated heterocycles. The van der Waals surface area contributed by atoms with Gasteiger partial charge in [0.15, 0.2) is 11.5 Å². The molecular weight excluding hydrogens is 534 g/mol. The maximum absolute atomic E-state index is 14.0. The molecule has 0 aromatic heterocycles. The van der Waals surface area contributed by atoms with E-state index in [1.165, 1.54) is 11.8 Å². The molecule has 2 aromatic rings. The van der Waals surface area contributed by atoms with E-state index in [1.807, 2.05) is 19.1 Å². The fourth-order valence-corrected chi connectivity index (χ4v) is 6.18. The highest BCUT2D eigenvalue weighted by Gasteiger charge is 2.34. The van der Waals surface area contributed by atoms with Crippen LogP contribution in [0.1, 0.15) is 51.5 Å². The van der Waals surface area contributed by atoms with Gasteiger partial charge in [0.1, 0.15) is 31.5 Å². The normalized spacial score (nSPS) is 15.8. The summed E-state index contributed by atoms with van der Waals surface area (Å²) >= 11 is 0. The first-order valence-corrected chi connectivity index (χ1v) is 15.5. The fraction of sp³-hybridized carbons (Fsp3) is 0.517. The number of nitrogens with one attached hydrogen (secondary N) is 1. The molecule has 1 N–H and O–H groups in total. The summed E-state index contributed by atoms with van der Waals surface area (Å²) in [6.07, 6.45) is 4.35. The van der Waals surface area contributed by atoms with Gasteiger partial charge in [-0.2, -0.15) is 0 Å². The summed E-state index contributed by atoms with van der Waals surface area (Å²) in [6, 6.07) is 11.4. The van der Waals surface area contributed by atoms with E-state index in [4.69, 9.17) is 14.2 Å². The molecule has 218 valence electrons. The summed E-state index contributed by atoms with van der Waals surface area (Å²) < 4.78 is 44.1. The molecule has 1 fully saturated rings. The van der Waals surface area contributed by atoms with Gasteiger partial charge in [-0.05, 0) is 56.0 Å². The van der Waals surface area contributed by atoms with Gasteiger partial charge < -0.3 is 24.4 Å². The summed E-state index contributed by atoms with van der Waals surface area (Å²) in [6.45, 7) is 3.82. The zero-order chi connectivity index (χ0) is 28.7. The maximum Gasteiger partial charge on any atom is 0.244 e. The van der Waals surface area contributed by atoms with Crippen LogP contribution in [-0.4, -0.2) is 69.8 Å². The summed E-state index contributed by atoms with van der Waals surface area (Å²) in [5, 5.41) is 3.11. The Morgan fingerprint density at radius 3 is 2.33 bits per heavy atom. The largest absolute Gasteiger partial charge is 0.497 e. The van der Waals surface area contributed by atoms with E-state index in [0.29, 0.717) is 42.6 Å². The summed E-state index contributed by atoms with van der Waals surface area (Å²) in [7, 11) is -2.27. The van der Waals surface area contributed by atoms with Gasteiger partial charge in [0.2, 0.25) is 21.8 Å². The van der Waals surface area contributed by atoms with E-state index < -0.39 is 28.5 Å². The number of sulfonamides is 1. The third kappa shape index (κ3) is 6.99. The minimum Gasteiger partial charge on any atom is -0.497 e. The second kappa shape index (κ2) is 13.3. The molecule has 1 aliphatic heterocycles. The lowest BCUT2D eigenvalue weighted by atomic mass is 10.1. The summed E-state index contributed by atoms with van der Waals surface area (Å²) in [4.78, 5) is 28.9. The number of hydrogen-bond acceptors (Lipinski definition) is 7. The molecule has 1 saturated carbocycles. The van der Waals surface area contributed by atoms with Gasteiger partial charge in [-0.1, -0.05) is 31.9 Å². The number of ether oxygens (including phenoxy) is 3. The Hall–Kier alpha value is -3.47. The van der Waals surface area contributed by atoms with Crippen LogP contribution in [0.25, 0.3) is 0 Å². The summed E-state index contributed by atoms with van der Waals surface area (Å²) in [5.74, 6) is 0.714. The first kappa shape index (κ1) is 29.5. The highest BCUT2D eigenvalue weighted by molar-refractivity contribution is 7.92. The van der Waals surface area contributed by atoms with Gasteiger partial charge in [0.05, 0.1) is 18.6 Å². The van der Waals surface area contributed by atoms with Crippen LogP contribution in [-0.2, 0) is 26.2 Å². The van der Waals surface area contributed by atoms with E-state index in [1.54, 1.807) is 37.4 Å². The lowest BCUT2D eigenvalue weighted by molar-refractivity contribution is -0.140. The number of nitrogens with zero attached hydrogens (tertiary/aromatic N) is 2. The van der Waals surface area contributed by atoms with E-state index in [9.17, 15) is 18.0 Å². The van der Waals surface area contributed by atoms with Crippen molar-refractivity contribution in [1.82, 2.24) is 10.2 Å². The molecule has 4 rings (SSSR count). The Bertz CT molecular complexity index is 1280. The number of anilines is 1. The van der Waals surface area contributed by atoms with Gasteiger partial charge in [0.25, 0.3) is 0 Å². The van der Waals surface area contributed by atoms with Crippen LogP contribution in [0.4, 0.5) is 5.69 Å². The van der Waals surface area contributed by atoms with Crippen LogP contribution in [0.2, 0.25) is 0 Å². The molecule has 10 nitrogen and oxygen atoms in total. The first-order valence-electron chi connectivity index (χ1n) is 13.9. The molecule has 2 amide bonds. The molecular formula is C29H39N3O7S. The van der Waals surface area contributed by atoms with E-state index in [0.717, 1.165) is 35.6 Å². The molecule has 1 aliphatic carbocycles. The van der Waals surface area contributed by atoms with Crippen molar-refractivity contribution in [3.63, 3.8) is 0 Å². The zero-order valence-corrected chi connectivity index (χ0v) is 24.2. The molecule has 0 bridgehead atoms. The Kier molecular flexibility index (Phi) is 9.78. The second-order valence-electron chi connectivity index (χ2n) is 10.0. The Balaban J connectivity index is 1.65. The van der Waals surface area contributed by atoms with Crippen molar-refractivity contribution in [1.29, 1.82) is 0 Å². The van der Waals surface area contributed by atoms with Crippen molar-refractivity contribution in [2.75, 3.05) is 36.9 Å². The van der Waals surface area contributed by atoms with Crippen molar-refractivity contribution >= 4 is 27.5 Å². The van der Waals surface area contributed by atoms with Gasteiger partial charge in [-0.25, -0.2) is 8.42 Å². The van der Waals surface area contributed by atoms with Crippen LogP contribution < -0.4 is 23.8 Å². The third-order valence-corrected chi connectivity index (χ3v) is 9.13. The fourth-order valence-electron chi connectivity index (χ4n) is 5.12. The zero-order valence-electron chi connectivity index (χ0n) is 23.4. The van der Waals surface area contributed by atoms with E-state index >= 15 is 0 Å². The molecule has 0 spiro atoms. The molecule has 2 aliphatic rings. The predicted octanol–water partition coefficient (Wildman–Crippen LogP) is 3.49. The number of methoxy groups -OCH3 is 1. The number of fused-ring (bicyclic) bond motifs is 1. The van der Waals surface area contributed by atoms with Crippen LogP contribution in [0.3, 0.4) is 0 Å². The van der Waals surface area contributed by atoms with Gasteiger partial charge in [-0.3, -0.25) is 13.9 Å². The number of carbonyl (C=O) groups excluding carboxylic acids is 2. The second-order valence-corrected chi connectivity index (χ2v) is 12.2. The van der Waals surface area contributed by atoms with Gasteiger partial charge >= 0.3 is 0 Å². The molecule has 40 heavy (non-hydrogen) atoms. The monoisotopic (exact) mass is 573 g/mol. The van der Waals surface area contributed by atoms with Gasteiger partial charge in [-0.15, -0.1) is 0 Å². The van der Waals surface area contributed by atoms with Crippen molar-refractivity contribution in [2.24, 2.45) is 0 Å².